The lowest BCUT2D eigenvalue weighted by Crippen LogP contribution is -2.15. The molecule has 0 bridgehead atoms. The molecule has 0 spiro atoms. The van der Waals surface area contributed by atoms with E-state index in [4.69, 9.17) is 11.6 Å². The Morgan fingerprint density at radius 3 is 2.63 bits per heavy atom. The summed E-state index contributed by atoms with van der Waals surface area (Å²) >= 11 is 6.19. The van der Waals surface area contributed by atoms with Crippen LogP contribution < -0.4 is 5.32 Å². The predicted molar refractivity (Wildman–Crippen MR) is 105 cm³/mol. The molecule has 152 valence electrons. The van der Waals surface area contributed by atoms with E-state index in [9.17, 15) is 14.9 Å². The topological polar surface area (TPSA) is 139 Å². The van der Waals surface area contributed by atoms with E-state index >= 15 is 0 Å². The Hall–Kier alpha value is -4.06. The molecular formula is C17H14ClN9O3. The van der Waals surface area contributed by atoms with E-state index in [1.165, 1.54) is 28.0 Å². The van der Waals surface area contributed by atoms with Gasteiger partial charge in [-0.3, -0.25) is 9.48 Å². The molecule has 0 radical (unpaired) electrons. The summed E-state index contributed by atoms with van der Waals surface area (Å²) in [6.45, 7) is 0.565. The van der Waals surface area contributed by atoms with Crippen LogP contribution in [0.2, 0.25) is 5.02 Å². The number of aromatic nitrogens is 7. The largest absolute Gasteiger partial charge is 0.491 e. The van der Waals surface area contributed by atoms with Crippen molar-refractivity contribution in [2.75, 3.05) is 5.32 Å². The molecule has 1 aromatic carbocycles. The van der Waals surface area contributed by atoms with Gasteiger partial charge >= 0.3 is 5.95 Å². The second-order valence-electron chi connectivity index (χ2n) is 6.19. The number of rotatable bonds is 7. The molecule has 0 aliphatic heterocycles. The lowest BCUT2D eigenvalue weighted by molar-refractivity contribution is -0.394. The van der Waals surface area contributed by atoms with Crippen LogP contribution in [0.4, 0.5) is 11.8 Å². The standard InChI is InChI=1S/C17H14ClN9O3/c18-13-9-25(8-12-4-2-1-3-5-12)22-15(13)20-16(28)14-6-7-24(21-14)11-26-10-19-17(23-26)27(29)30/h1-7,9-10H,8,11H2,(H,20,22,28). The SMILES string of the molecule is O=C(Nc1nn(Cc2ccccc2)cc1Cl)c1ccn(Cn2cnc([N+](=O)[O-])n2)n1. The number of hydrogen-bond acceptors (Lipinski definition) is 7. The summed E-state index contributed by atoms with van der Waals surface area (Å²) in [7, 11) is 0. The third-order valence-corrected chi connectivity index (χ3v) is 4.26. The van der Waals surface area contributed by atoms with Crippen molar-refractivity contribution >= 4 is 29.3 Å². The van der Waals surface area contributed by atoms with E-state index in [0.717, 1.165) is 5.56 Å². The van der Waals surface area contributed by atoms with Crippen LogP contribution in [0.3, 0.4) is 0 Å². The maximum absolute atomic E-state index is 12.5. The zero-order valence-corrected chi connectivity index (χ0v) is 16.0. The summed E-state index contributed by atoms with van der Waals surface area (Å²) < 4.78 is 4.25. The van der Waals surface area contributed by atoms with Crippen molar-refractivity contribution in [1.82, 2.24) is 34.3 Å². The van der Waals surface area contributed by atoms with Crippen LogP contribution >= 0.6 is 11.6 Å². The van der Waals surface area contributed by atoms with E-state index in [1.54, 1.807) is 10.9 Å². The van der Waals surface area contributed by atoms with Gasteiger partial charge in [-0.1, -0.05) is 46.9 Å². The Bertz CT molecular complexity index is 1200. The van der Waals surface area contributed by atoms with Crippen LogP contribution in [-0.4, -0.2) is 45.2 Å². The summed E-state index contributed by atoms with van der Waals surface area (Å²) in [6, 6.07) is 11.2. The van der Waals surface area contributed by atoms with Crippen molar-refractivity contribution in [2.24, 2.45) is 0 Å². The minimum absolute atomic E-state index is 0.0561. The maximum Gasteiger partial charge on any atom is 0.491 e. The normalized spacial score (nSPS) is 10.8. The number of amides is 1. The van der Waals surface area contributed by atoms with Crippen LogP contribution in [0.15, 0.2) is 55.1 Å². The third-order valence-electron chi connectivity index (χ3n) is 3.99. The van der Waals surface area contributed by atoms with Gasteiger partial charge in [0.25, 0.3) is 5.91 Å². The van der Waals surface area contributed by atoms with Gasteiger partial charge in [-0.15, -0.1) is 0 Å². The van der Waals surface area contributed by atoms with Crippen LogP contribution in [0, 0.1) is 10.1 Å². The van der Waals surface area contributed by atoms with Gasteiger partial charge in [0, 0.05) is 17.5 Å². The molecule has 13 heteroatoms. The first-order valence-corrected chi connectivity index (χ1v) is 9.01. The van der Waals surface area contributed by atoms with Crippen LogP contribution in [0.25, 0.3) is 0 Å². The lowest BCUT2D eigenvalue weighted by Gasteiger charge is -2.02. The summed E-state index contributed by atoms with van der Waals surface area (Å²) in [6.07, 6.45) is 4.37. The molecule has 12 nitrogen and oxygen atoms in total. The van der Waals surface area contributed by atoms with Crippen molar-refractivity contribution in [2.45, 2.75) is 13.2 Å². The molecular weight excluding hydrogens is 414 g/mol. The highest BCUT2D eigenvalue weighted by atomic mass is 35.5. The third kappa shape index (κ3) is 4.33. The first-order valence-electron chi connectivity index (χ1n) is 8.63. The fraction of sp³-hybridized carbons (Fsp3) is 0.118. The molecule has 3 heterocycles. The van der Waals surface area contributed by atoms with Gasteiger partial charge in [-0.25, -0.2) is 4.68 Å². The fourth-order valence-corrected chi connectivity index (χ4v) is 2.85. The Kier molecular flexibility index (Phi) is 5.22. The number of anilines is 1. The van der Waals surface area contributed by atoms with Crippen molar-refractivity contribution in [3.05, 3.63) is 81.5 Å². The van der Waals surface area contributed by atoms with E-state index in [2.05, 4.69) is 25.6 Å². The lowest BCUT2D eigenvalue weighted by atomic mass is 10.2. The average Bonchev–Trinajstić information content (AvgIpc) is 3.44. The zero-order valence-electron chi connectivity index (χ0n) is 15.3. The highest BCUT2D eigenvalue weighted by molar-refractivity contribution is 6.33. The molecule has 0 fully saturated rings. The van der Waals surface area contributed by atoms with Crippen LogP contribution in [0.1, 0.15) is 16.1 Å². The number of nitrogens with zero attached hydrogens (tertiary/aromatic N) is 8. The van der Waals surface area contributed by atoms with Gasteiger partial charge in [0.05, 0.1) is 6.54 Å². The van der Waals surface area contributed by atoms with Crippen molar-refractivity contribution in [3.8, 4) is 0 Å². The van der Waals surface area contributed by atoms with Crippen molar-refractivity contribution in [3.63, 3.8) is 0 Å². The van der Waals surface area contributed by atoms with E-state index in [-0.39, 0.29) is 18.2 Å². The quantitative estimate of drug-likeness (QED) is 0.351. The van der Waals surface area contributed by atoms with Gasteiger partial charge in [0.2, 0.25) is 6.33 Å². The second kappa shape index (κ2) is 8.13. The van der Waals surface area contributed by atoms with Crippen LogP contribution in [0.5, 0.6) is 0 Å². The summed E-state index contributed by atoms with van der Waals surface area (Å²) in [5.41, 5.74) is 1.17. The molecule has 0 aliphatic carbocycles. The van der Waals surface area contributed by atoms with Gasteiger partial charge in [0.15, 0.2) is 18.2 Å². The fourth-order valence-electron chi connectivity index (χ4n) is 2.65. The van der Waals surface area contributed by atoms with Gasteiger partial charge < -0.3 is 15.4 Å². The average molecular weight is 428 g/mol. The van der Waals surface area contributed by atoms with Crippen molar-refractivity contribution in [1.29, 1.82) is 0 Å². The summed E-state index contributed by atoms with van der Waals surface area (Å²) in [5, 5.41) is 25.7. The Morgan fingerprint density at radius 2 is 1.90 bits per heavy atom. The molecule has 4 aromatic rings. The molecule has 0 saturated heterocycles. The van der Waals surface area contributed by atoms with E-state index in [0.29, 0.717) is 11.6 Å². The van der Waals surface area contributed by atoms with Crippen molar-refractivity contribution < 1.29 is 9.72 Å². The summed E-state index contributed by atoms with van der Waals surface area (Å²) in [5.74, 6) is -0.787. The smallest absolute Gasteiger partial charge is 0.390 e. The van der Waals surface area contributed by atoms with E-state index < -0.39 is 16.8 Å². The number of hydrogen-bond donors (Lipinski definition) is 1. The molecule has 0 aliphatic rings. The molecule has 0 saturated carbocycles. The first kappa shape index (κ1) is 19.3. The maximum atomic E-state index is 12.5. The molecule has 4 rings (SSSR count). The van der Waals surface area contributed by atoms with Crippen LogP contribution in [-0.2, 0) is 13.2 Å². The number of nitrogens with one attached hydrogen (secondary N) is 1. The highest BCUT2D eigenvalue weighted by Gasteiger charge is 2.17. The molecule has 30 heavy (non-hydrogen) atoms. The molecule has 0 atom stereocenters. The minimum Gasteiger partial charge on any atom is -0.390 e. The number of carbonyl (C=O) groups excluding carboxylic acids is 1. The monoisotopic (exact) mass is 427 g/mol. The Morgan fingerprint density at radius 1 is 1.10 bits per heavy atom. The van der Waals surface area contributed by atoms with E-state index in [1.807, 2.05) is 30.3 Å². The molecule has 0 unspecified atom stereocenters. The zero-order chi connectivity index (χ0) is 21.1. The number of nitro groups is 1. The number of carbonyl (C=O) groups is 1. The molecule has 1 amide bonds. The number of halogens is 1. The van der Waals surface area contributed by atoms with Gasteiger partial charge in [0.1, 0.15) is 5.02 Å². The predicted octanol–water partition coefficient (Wildman–Crippen LogP) is 2.04. The van der Waals surface area contributed by atoms with Gasteiger partial charge in [-0.2, -0.15) is 14.9 Å². The Labute approximate surface area is 173 Å². The first-order chi connectivity index (χ1) is 14.5. The Balaban J connectivity index is 1.41. The summed E-state index contributed by atoms with van der Waals surface area (Å²) in [4.78, 5) is 26.0. The second-order valence-corrected chi connectivity index (χ2v) is 6.59. The highest BCUT2D eigenvalue weighted by Crippen LogP contribution is 2.20. The molecule has 3 aromatic heterocycles. The minimum atomic E-state index is -0.695. The number of benzene rings is 1. The van der Waals surface area contributed by atoms with Gasteiger partial charge in [-0.05, 0) is 16.6 Å². The molecule has 1 N–H and O–H groups in total.